The van der Waals surface area contributed by atoms with Gasteiger partial charge >= 0.3 is 5.97 Å². The fourth-order valence-corrected chi connectivity index (χ4v) is 2.65. The Hall–Kier alpha value is -2.30. The number of amides is 1. The molecular weight excluding hydrogens is 280 g/mol. The third kappa shape index (κ3) is 4.10. The summed E-state index contributed by atoms with van der Waals surface area (Å²) in [7, 11) is 0. The zero-order valence-corrected chi connectivity index (χ0v) is 12.8. The highest BCUT2D eigenvalue weighted by Crippen LogP contribution is 2.19. The van der Waals surface area contributed by atoms with Crippen molar-refractivity contribution in [1.29, 1.82) is 0 Å². The van der Waals surface area contributed by atoms with Crippen LogP contribution in [0.3, 0.4) is 0 Å². The molecule has 5 heteroatoms. The number of hydrogen-bond acceptors (Lipinski definition) is 2. The Morgan fingerprint density at radius 1 is 1.27 bits per heavy atom. The third-order valence-electron chi connectivity index (χ3n) is 3.68. The maximum Gasteiger partial charge on any atom is 0.323 e. The molecule has 0 saturated carbocycles. The normalized spacial score (nSPS) is 10.8. The van der Waals surface area contributed by atoms with Crippen molar-refractivity contribution in [3.8, 4) is 0 Å². The van der Waals surface area contributed by atoms with Gasteiger partial charge in [-0.25, -0.2) is 0 Å². The van der Waals surface area contributed by atoms with E-state index in [1.54, 1.807) is 0 Å². The molecule has 1 aromatic heterocycles. The van der Waals surface area contributed by atoms with Crippen LogP contribution in [0.25, 0.3) is 10.9 Å². The van der Waals surface area contributed by atoms with Crippen molar-refractivity contribution in [2.75, 3.05) is 13.1 Å². The quantitative estimate of drug-likeness (QED) is 0.787. The van der Waals surface area contributed by atoms with Gasteiger partial charge < -0.3 is 15.0 Å². The van der Waals surface area contributed by atoms with Gasteiger partial charge in [-0.15, -0.1) is 0 Å². The van der Waals surface area contributed by atoms with E-state index in [1.165, 1.54) is 15.8 Å². The van der Waals surface area contributed by atoms with Crippen molar-refractivity contribution in [3.05, 3.63) is 36.0 Å². The number of carboxylic acids is 1. The summed E-state index contributed by atoms with van der Waals surface area (Å²) in [5.41, 5.74) is 2.30. The van der Waals surface area contributed by atoms with Gasteiger partial charge in [0.2, 0.25) is 5.91 Å². The van der Waals surface area contributed by atoms with Crippen LogP contribution in [0, 0.1) is 0 Å². The van der Waals surface area contributed by atoms with Gasteiger partial charge in [0.15, 0.2) is 0 Å². The summed E-state index contributed by atoms with van der Waals surface area (Å²) in [4.78, 5) is 27.6. The number of nitrogens with one attached hydrogen (secondary N) is 1. The Labute approximate surface area is 129 Å². The fraction of sp³-hybridized carbons (Fsp3) is 0.412. The SMILES string of the molecule is CCCN(CC(=O)O)C(=O)CCCc1c[nH]c2ccccc12. The molecular formula is C17H22N2O3. The highest BCUT2D eigenvalue weighted by Gasteiger charge is 2.15. The first-order chi connectivity index (χ1) is 10.6. The third-order valence-corrected chi connectivity index (χ3v) is 3.68. The van der Waals surface area contributed by atoms with Gasteiger partial charge in [-0.05, 0) is 30.9 Å². The number of para-hydroxylation sites is 1. The summed E-state index contributed by atoms with van der Waals surface area (Å²) in [5, 5.41) is 10.0. The van der Waals surface area contributed by atoms with E-state index in [4.69, 9.17) is 5.11 Å². The van der Waals surface area contributed by atoms with Crippen LogP contribution in [-0.4, -0.2) is 40.0 Å². The number of carbonyl (C=O) groups is 2. The first kappa shape index (κ1) is 16.1. The zero-order valence-electron chi connectivity index (χ0n) is 12.8. The van der Waals surface area contributed by atoms with E-state index in [0.717, 1.165) is 24.8 Å². The van der Waals surface area contributed by atoms with E-state index < -0.39 is 5.97 Å². The summed E-state index contributed by atoms with van der Waals surface area (Å²) in [5.74, 6) is -1.04. The lowest BCUT2D eigenvalue weighted by molar-refractivity contribution is -0.144. The first-order valence-corrected chi connectivity index (χ1v) is 7.66. The van der Waals surface area contributed by atoms with Gasteiger partial charge in [0.1, 0.15) is 6.54 Å². The van der Waals surface area contributed by atoms with Crippen molar-refractivity contribution < 1.29 is 14.7 Å². The lowest BCUT2D eigenvalue weighted by atomic mass is 10.1. The van der Waals surface area contributed by atoms with Gasteiger partial charge in [-0.1, -0.05) is 25.1 Å². The number of aryl methyl sites for hydroxylation is 1. The van der Waals surface area contributed by atoms with Crippen molar-refractivity contribution in [2.24, 2.45) is 0 Å². The van der Waals surface area contributed by atoms with E-state index in [2.05, 4.69) is 11.1 Å². The predicted octanol–water partition coefficient (Wildman–Crippen LogP) is 2.81. The highest BCUT2D eigenvalue weighted by molar-refractivity contribution is 5.83. The molecule has 0 fully saturated rings. The molecule has 1 amide bonds. The van der Waals surface area contributed by atoms with Crippen LogP contribution in [0.1, 0.15) is 31.7 Å². The molecule has 0 radical (unpaired) electrons. The minimum absolute atomic E-state index is 0.0795. The summed E-state index contributed by atoms with van der Waals surface area (Å²) in [6.45, 7) is 2.23. The number of hydrogen-bond donors (Lipinski definition) is 2. The van der Waals surface area contributed by atoms with Gasteiger partial charge in [-0.2, -0.15) is 0 Å². The molecule has 0 aliphatic rings. The van der Waals surface area contributed by atoms with Crippen LogP contribution in [0.15, 0.2) is 30.5 Å². The number of benzene rings is 1. The number of H-pyrrole nitrogens is 1. The Balaban J connectivity index is 1.89. The van der Waals surface area contributed by atoms with E-state index in [9.17, 15) is 9.59 Å². The van der Waals surface area contributed by atoms with Crippen LogP contribution in [0.2, 0.25) is 0 Å². The first-order valence-electron chi connectivity index (χ1n) is 7.66. The topological polar surface area (TPSA) is 73.4 Å². The fourth-order valence-electron chi connectivity index (χ4n) is 2.65. The molecule has 0 atom stereocenters. The predicted molar refractivity (Wildman–Crippen MR) is 85.7 cm³/mol. The molecule has 2 rings (SSSR count). The number of aromatic amines is 1. The van der Waals surface area contributed by atoms with E-state index >= 15 is 0 Å². The molecule has 2 aromatic rings. The van der Waals surface area contributed by atoms with Crippen LogP contribution < -0.4 is 0 Å². The number of carbonyl (C=O) groups excluding carboxylic acids is 1. The monoisotopic (exact) mass is 302 g/mol. The molecule has 118 valence electrons. The molecule has 0 unspecified atom stereocenters. The van der Waals surface area contributed by atoms with Crippen molar-refractivity contribution in [3.63, 3.8) is 0 Å². The lowest BCUT2D eigenvalue weighted by Gasteiger charge is -2.19. The Morgan fingerprint density at radius 3 is 2.77 bits per heavy atom. The molecule has 1 aromatic carbocycles. The Kier molecular flexibility index (Phi) is 5.58. The number of fused-ring (bicyclic) bond motifs is 1. The van der Waals surface area contributed by atoms with E-state index in [1.807, 2.05) is 31.3 Å². The molecule has 0 aliphatic carbocycles. The molecule has 5 nitrogen and oxygen atoms in total. The minimum atomic E-state index is -0.960. The van der Waals surface area contributed by atoms with Crippen molar-refractivity contribution >= 4 is 22.8 Å². The standard InChI is InChI=1S/C17H22N2O3/c1-2-10-19(12-17(21)22)16(20)9-5-6-13-11-18-15-8-4-3-7-14(13)15/h3-4,7-8,11,18H,2,5-6,9-10,12H2,1H3,(H,21,22). The number of nitrogens with zero attached hydrogens (tertiary/aromatic N) is 1. The number of carboxylic acid groups (broad SMARTS) is 1. The second-order valence-corrected chi connectivity index (χ2v) is 5.42. The molecule has 0 spiro atoms. The summed E-state index contributed by atoms with van der Waals surface area (Å²) >= 11 is 0. The molecule has 0 saturated heterocycles. The average molecular weight is 302 g/mol. The lowest BCUT2D eigenvalue weighted by Crippen LogP contribution is -2.36. The summed E-state index contributed by atoms with van der Waals surface area (Å²) in [6, 6.07) is 8.08. The van der Waals surface area contributed by atoms with E-state index in [0.29, 0.717) is 13.0 Å². The van der Waals surface area contributed by atoms with Crippen LogP contribution in [0.4, 0.5) is 0 Å². The molecule has 0 bridgehead atoms. The number of aromatic nitrogens is 1. The number of rotatable bonds is 8. The van der Waals surface area contributed by atoms with Crippen LogP contribution in [-0.2, 0) is 16.0 Å². The summed E-state index contributed by atoms with van der Waals surface area (Å²) < 4.78 is 0. The van der Waals surface area contributed by atoms with Gasteiger partial charge in [-0.3, -0.25) is 9.59 Å². The molecule has 0 aliphatic heterocycles. The van der Waals surface area contributed by atoms with Crippen LogP contribution >= 0.6 is 0 Å². The van der Waals surface area contributed by atoms with Crippen molar-refractivity contribution in [2.45, 2.75) is 32.6 Å². The Morgan fingerprint density at radius 2 is 2.05 bits per heavy atom. The Bertz CT molecular complexity index is 648. The molecule has 22 heavy (non-hydrogen) atoms. The second kappa shape index (κ2) is 7.64. The largest absolute Gasteiger partial charge is 0.480 e. The maximum atomic E-state index is 12.1. The van der Waals surface area contributed by atoms with Crippen molar-refractivity contribution in [1.82, 2.24) is 9.88 Å². The van der Waals surface area contributed by atoms with Gasteiger partial charge in [0, 0.05) is 30.1 Å². The molecule has 2 N–H and O–H groups in total. The van der Waals surface area contributed by atoms with Gasteiger partial charge in [0.05, 0.1) is 0 Å². The molecule has 1 heterocycles. The zero-order chi connectivity index (χ0) is 15.9. The maximum absolute atomic E-state index is 12.1. The average Bonchev–Trinajstić information content (AvgIpc) is 2.90. The summed E-state index contributed by atoms with van der Waals surface area (Å²) in [6.07, 6.45) is 4.66. The smallest absolute Gasteiger partial charge is 0.323 e. The van der Waals surface area contributed by atoms with Crippen LogP contribution in [0.5, 0.6) is 0 Å². The highest BCUT2D eigenvalue weighted by atomic mass is 16.4. The second-order valence-electron chi connectivity index (χ2n) is 5.42. The minimum Gasteiger partial charge on any atom is -0.480 e. The van der Waals surface area contributed by atoms with Gasteiger partial charge in [0.25, 0.3) is 0 Å². The van der Waals surface area contributed by atoms with E-state index in [-0.39, 0.29) is 12.5 Å². The number of aliphatic carboxylic acids is 1.